The summed E-state index contributed by atoms with van der Waals surface area (Å²) >= 11 is 2.96. The van der Waals surface area contributed by atoms with Crippen molar-refractivity contribution < 1.29 is 4.79 Å². The SMILES string of the molecule is Cc1ccc(C2=NC(=O)C(N)S2)s1. The first-order chi connectivity index (χ1) is 6.16. The van der Waals surface area contributed by atoms with Crippen LogP contribution in [0.25, 0.3) is 0 Å². The Hall–Kier alpha value is -0.650. The smallest absolute Gasteiger partial charge is 0.274 e. The molecular formula is C8H8N2OS2. The van der Waals surface area contributed by atoms with E-state index in [9.17, 15) is 4.79 Å². The molecule has 13 heavy (non-hydrogen) atoms. The highest BCUT2D eigenvalue weighted by Crippen LogP contribution is 2.27. The number of aliphatic imine (C=N–C) groups is 1. The standard InChI is InChI=1S/C8H8N2OS2/c1-4-2-3-5(12-4)8-10-7(11)6(9)13-8/h2-3,6H,9H2,1H3. The molecule has 0 fully saturated rings. The molecule has 0 radical (unpaired) electrons. The van der Waals surface area contributed by atoms with Gasteiger partial charge in [0.15, 0.2) is 0 Å². The summed E-state index contributed by atoms with van der Waals surface area (Å²) in [6.07, 6.45) is 0. The highest BCUT2D eigenvalue weighted by Gasteiger charge is 2.25. The van der Waals surface area contributed by atoms with Crippen molar-refractivity contribution in [1.82, 2.24) is 0 Å². The minimum Gasteiger partial charge on any atom is -0.311 e. The zero-order valence-corrected chi connectivity index (χ0v) is 8.61. The third-order valence-corrected chi connectivity index (χ3v) is 3.77. The normalized spacial score (nSPS) is 22.2. The second-order valence-corrected chi connectivity index (χ2v) is 5.12. The number of rotatable bonds is 1. The van der Waals surface area contributed by atoms with Gasteiger partial charge in [-0.25, -0.2) is 4.99 Å². The Morgan fingerprint density at radius 3 is 2.77 bits per heavy atom. The molecule has 1 aromatic heterocycles. The highest BCUT2D eigenvalue weighted by molar-refractivity contribution is 8.16. The van der Waals surface area contributed by atoms with E-state index in [1.807, 2.05) is 19.1 Å². The lowest BCUT2D eigenvalue weighted by Crippen LogP contribution is -2.21. The van der Waals surface area contributed by atoms with E-state index in [2.05, 4.69) is 4.99 Å². The minimum atomic E-state index is -0.502. The number of nitrogens with two attached hydrogens (primary N) is 1. The first-order valence-corrected chi connectivity index (χ1v) is 5.48. The van der Waals surface area contributed by atoms with Crippen molar-refractivity contribution in [1.29, 1.82) is 0 Å². The van der Waals surface area contributed by atoms with Crippen LogP contribution in [0.3, 0.4) is 0 Å². The van der Waals surface area contributed by atoms with E-state index in [1.54, 1.807) is 11.3 Å². The maximum absolute atomic E-state index is 11.0. The molecule has 2 N–H and O–H groups in total. The van der Waals surface area contributed by atoms with Crippen LogP contribution in [0.5, 0.6) is 0 Å². The van der Waals surface area contributed by atoms with Gasteiger partial charge in [-0.1, -0.05) is 11.8 Å². The van der Waals surface area contributed by atoms with Crippen molar-refractivity contribution >= 4 is 34.0 Å². The maximum atomic E-state index is 11.0. The number of thioether (sulfide) groups is 1. The zero-order valence-electron chi connectivity index (χ0n) is 6.98. The van der Waals surface area contributed by atoms with Gasteiger partial charge in [0.05, 0.1) is 4.88 Å². The number of carbonyl (C=O) groups excluding carboxylic acids is 1. The Balaban J connectivity index is 2.29. The van der Waals surface area contributed by atoms with E-state index in [4.69, 9.17) is 5.73 Å². The highest BCUT2D eigenvalue weighted by atomic mass is 32.2. The summed E-state index contributed by atoms with van der Waals surface area (Å²) in [5.41, 5.74) is 5.52. The monoisotopic (exact) mass is 212 g/mol. The molecule has 1 aliphatic heterocycles. The number of hydrogen-bond acceptors (Lipinski definition) is 4. The van der Waals surface area contributed by atoms with Gasteiger partial charge in [-0.3, -0.25) is 4.79 Å². The van der Waals surface area contributed by atoms with E-state index in [0.29, 0.717) is 0 Å². The maximum Gasteiger partial charge on any atom is 0.274 e. The summed E-state index contributed by atoms with van der Waals surface area (Å²) < 4.78 is 0. The largest absolute Gasteiger partial charge is 0.311 e. The Morgan fingerprint density at radius 2 is 2.31 bits per heavy atom. The molecule has 3 nitrogen and oxygen atoms in total. The van der Waals surface area contributed by atoms with E-state index >= 15 is 0 Å². The fourth-order valence-corrected chi connectivity index (χ4v) is 2.77. The topological polar surface area (TPSA) is 55.5 Å². The van der Waals surface area contributed by atoms with Crippen LogP contribution in [0.4, 0.5) is 0 Å². The summed E-state index contributed by atoms with van der Waals surface area (Å²) in [7, 11) is 0. The molecule has 2 heterocycles. The van der Waals surface area contributed by atoms with Crippen molar-refractivity contribution in [2.75, 3.05) is 0 Å². The van der Waals surface area contributed by atoms with Crippen molar-refractivity contribution in [2.24, 2.45) is 10.7 Å². The molecule has 0 aromatic carbocycles. The van der Waals surface area contributed by atoms with Gasteiger partial charge in [0, 0.05) is 4.88 Å². The van der Waals surface area contributed by atoms with Gasteiger partial charge >= 0.3 is 0 Å². The summed E-state index contributed by atoms with van der Waals surface area (Å²) in [6, 6.07) is 3.98. The second kappa shape index (κ2) is 3.25. The van der Waals surface area contributed by atoms with Crippen LogP contribution in [0.15, 0.2) is 17.1 Å². The predicted octanol–water partition coefficient (Wildman–Crippen LogP) is 1.36. The fraction of sp³-hybridized carbons (Fsp3) is 0.250. The second-order valence-electron chi connectivity index (χ2n) is 2.70. The lowest BCUT2D eigenvalue weighted by Gasteiger charge is -1.95. The molecule has 0 spiro atoms. The molecule has 1 atom stereocenters. The molecule has 0 saturated carbocycles. The quantitative estimate of drug-likeness (QED) is 0.764. The van der Waals surface area contributed by atoms with Crippen LogP contribution in [0, 0.1) is 6.92 Å². The van der Waals surface area contributed by atoms with Crippen molar-refractivity contribution in [3.63, 3.8) is 0 Å². The van der Waals surface area contributed by atoms with Gasteiger partial charge in [0.1, 0.15) is 10.4 Å². The van der Waals surface area contributed by atoms with E-state index in [-0.39, 0.29) is 5.91 Å². The van der Waals surface area contributed by atoms with Crippen molar-refractivity contribution in [3.8, 4) is 0 Å². The number of nitrogens with zero attached hydrogens (tertiary/aromatic N) is 1. The number of carbonyl (C=O) groups is 1. The molecule has 1 aliphatic rings. The molecule has 2 rings (SSSR count). The van der Waals surface area contributed by atoms with Gasteiger partial charge in [0.25, 0.3) is 5.91 Å². The first-order valence-electron chi connectivity index (χ1n) is 3.78. The van der Waals surface area contributed by atoms with Gasteiger partial charge in [0.2, 0.25) is 0 Å². The summed E-state index contributed by atoms with van der Waals surface area (Å²) in [5.74, 6) is -0.231. The molecule has 68 valence electrons. The van der Waals surface area contributed by atoms with Crippen LogP contribution in [-0.4, -0.2) is 16.3 Å². The Morgan fingerprint density at radius 1 is 1.54 bits per heavy atom. The van der Waals surface area contributed by atoms with E-state index in [0.717, 1.165) is 9.92 Å². The predicted molar refractivity (Wildman–Crippen MR) is 56.2 cm³/mol. The van der Waals surface area contributed by atoms with Crippen molar-refractivity contribution in [3.05, 3.63) is 21.9 Å². The number of amides is 1. The average molecular weight is 212 g/mol. The van der Waals surface area contributed by atoms with Gasteiger partial charge in [-0.2, -0.15) is 0 Å². The van der Waals surface area contributed by atoms with Crippen LogP contribution in [-0.2, 0) is 4.79 Å². The van der Waals surface area contributed by atoms with Crippen LogP contribution >= 0.6 is 23.1 Å². The molecule has 5 heteroatoms. The minimum absolute atomic E-state index is 0.231. The van der Waals surface area contributed by atoms with Gasteiger partial charge in [-0.15, -0.1) is 11.3 Å². The molecule has 0 bridgehead atoms. The average Bonchev–Trinajstić information content (AvgIpc) is 2.61. The summed E-state index contributed by atoms with van der Waals surface area (Å²) in [4.78, 5) is 17.2. The van der Waals surface area contributed by atoms with E-state index < -0.39 is 5.37 Å². The Labute approximate surface area is 84.0 Å². The Kier molecular flexibility index (Phi) is 2.23. The Bertz CT molecular complexity index is 383. The molecule has 1 unspecified atom stereocenters. The molecular weight excluding hydrogens is 204 g/mol. The van der Waals surface area contributed by atoms with Crippen molar-refractivity contribution in [2.45, 2.75) is 12.3 Å². The number of aryl methyl sites for hydroxylation is 1. The zero-order chi connectivity index (χ0) is 9.42. The first kappa shape index (κ1) is 8.93. The third-order valence-electron chi connectivity index (χ3n) is 1.64. The van der Waals surface area contributed by atoms with Crippen LogP contribution in [0.1, 0.15) is 9.75 Å². The summed E-state index contributed by atoms with van der Waals surface area (Å²) in [6.45, 7) is 2.02. The van der Waals surface area contributed by atoms with Gasteiger partial charge in [-0.05, 0) is 19.1 Å². The third kappa shape index (κ3) is 1.67. The molecule has 0 saturated heterocycles. The number of thiophene rings is 1. The molecule has 1 aromatic rings. The van der Waals surface area contributed by atoms with Crippen LogP contribution in [0.2, 0.25) is 0 Å². The van der Waals surface area contributed by atoms with Crippen LogP contribution < -0.4 is 5.73 Å². The van der Waals surface area contributed by atoms with E-state index in [1.165, 1.54) is 16.6 Å². The summed E-state index contributed by atoms with van der Waals surface area (Å²) in [5, 5.41) is 0.257. The lowest BCUT2D eigenvalue weighted by atomic mass is 10.4. The lowest BCUT2D eigenvalue weighted by molar-refractivity contribution is -0.117. The molecule has 1 amide bonds. The number of hydrogen-bond donors (Lipinski definition) is 1. The fourth-order valence-electron chi connectivity index (χ4n) is 1.02. The molecule has 0 aliphatic carbocycles. The van der Waals surface area contributed by atoms with Gasteiger partial charge < -0.3 is 5.73 Å².